The summed E-state index contributed by atoms with van der Waals surface area (Å²) < 4.78 is 14.4. The van der Waals surface area contributed by atoms with Crippen LogP contribution in [-0.4, -0.2) is 5.91 Å². The van der Waals surface area contributed by atoms with Gasteiger partial charge in [-0.1, -0.05) is 46.3 Å². The Morgan fingerprint density at radius 2 is 1.80 bits per heavy atom. The third-order valence-electron chi connectivity index (χ3n) is 3.24. The van der Waals surface area contributed by atoms with Crippen LogP contribution in [0.15, 0.2) is 53.0 Å². The SMILES string of the molecule is CC(C)(C(=O)Nc1ccc(Br)cc1F)c1ccccc1. The molecular formula is C16H15BrFNO. The average Bonchev–Trinajstić information content (AvgIpc) is 2.42. The number of hydrogen-bond acceptors (Lipinski definition) is 1. The molecule has 0 atom stereocenters. The summed E-state index contributed by atoms with van der Waals surface area (Å²) in [5.41, 5.74) is 0.332. The minimum Gasteiger partial charge on any atom is -0.323 e. The minimum atomic E-state index is -0.735. The zero-order valence-electron chi connectivity index (χ0n) is 11.3. The Bertz CT molecular complexity index is 626. The van der Waals surface area contributed by atoms with E-state index in [4.69, 9.17) is 0 Å². The first-order chi connectivity index (χ1) is 9.41. The number of amides is 1. The predicted octanol–water partition coefficient (Wildman–Crippen LogP) is 4.50. The maximum atomic E-state index is 13.8. The van der Waals surface area contributed by atoms with Crippen LogP contribution >= 0.6 is 15.9 Å². The fourth-order valence-corrected chi connectivity index (χ4v) is 2.19. The molecule has 1 N–H and O–H groups in total. The maximum Gasteiger partial charge on any atom is 0.234 e. The molecule has 0 fully saturated rings. The lowest BCUT2D eigenvalue weighted by Crippen LogP contribution is -2.34. The van der Waals surface area contributed by atoms with Crippen molar-refractivity contribution in [1.82, 2.24) is 0 Å². The molecule has 0 aliphatic heterocycles. The Kier molecular flexibility index (Phi) is 4.23. The van der Waals surface area contributed by atoms with Gasteiger partial charge in [-0.15, -0.1) is 0 Å². The highest BCUT2D eigenvalue weighted by Gasteiger charge is 2.30. The summed E-state index contributed by atoms with van der Waals surface area (Å²) >= 11 is 3.19. The zero-order chi connectivity index (χ0) is 14.8. The molecule has 2 aromatic carbocycles. The van der Waals surface area contributed by atoms with E-state index in [9.17, 15) is 9.18 Å². The van der Waals surface area contributed by atoms with Crippen molar-refractivity contribution in [2.75, 3.05) is 5.32 Å². The summed E-state index contributed by atoms with van der Waals surface area (Å²) in [5.74, 6) is -0.707. The van der Waals surface area contributed by atoms with E-state index in [1.54, 1.807) is 12.1 Å². The molecule has 0 bridgehead atoms. The quantitative estimate of drug-likeness (QED) is 0.878. The first-order valence-corrected chi connectivity index (χ1v) is 7.02. The van der Waals surface area contributed by atoms with Crippen molar-refractivity contribution in [3.63, 3.8) is 0 Å². The van der Waals surface area contributed by atoms with Crippen LogP contribution in [0.5, 0.6) is 0 Å². The molecule has 104 valence electrons. The topological polar surface area (TPSA) is 29.1 Å². The molecule has 0 aromatic heterocycles. The average molecular weight is 336 g/mol. The molecule has 4 heteroatoms. The van der Waals surface area contributed by atoms with Crippen LogP contribution in [0.3, 0.4) is 0 Å². The van der Waals surface area contributed by atoms with E-state index in [0.717, 1.165) is 5.56 Å². The summed E-state index contributed by atoms with van der Waals surface area (Å²) in [6.07, 6.45) is 0. The van der Waals surface area contributed by atoms with E-state index in [0.29, 0.717) is 4.47 Å². The van der Waals surface area contributed by atoms with Gasteiger partial charge in [0, 0.05) is 4.47 Å². The van der Waals surface area contributed by atoms with Crippen molar-refractivity contribution < 1.29 is 9.18 Å². The molecule has 0 radical (unpaired) electrons. The highest BCUT2D eigenvalue weighted by atomic mass is 79.9. The van der Waals surface area contributed by atoms with Gasteiger partial charge in [0.1, 0.15) is 5.82 Å². The molecule has 0 saturated heterocycles. The number of carbonyl (C=O) groups is 1. The smallest absolute Gasteiger partial charge is 0.234 e. The predicted molar refractivity (Wildman–Crippen MR) is 82.2 cm³/mol. The van der Waals surface area contributed by atoms with Crippen molar-refractivity contribution in [2.45, 2.75) is 19.3 Å². The van der Waals surface area contributed by atoms with Gasteiger partial charge in [-0.05, 0) is 37.6 Å². The molecule has 2 rings (SSSR count). The van der Waals surface area contributed by atoms with E-state index in [-0.39, 0.29) is 11.6 Å². The van der Waals surface area contributed by atoms with Gasteiger partial charge in [-0.2, -0.15) is 0 Å². The second-order valence-electron chi connectivity index (χ2n) is 5.07. The number of benzene rings is 2. The molecule has 0 aliphatic rings. The number of anilines is 1. The first kappa shape index (κ1) is 14.7. The van der Waals surface area contributed by atoms with E-state index < -0.39 is 11.2 Å². The largest absolute Gasteiger partial charge is 0.323 e. The lowest BCUT2D eigenvalue weighted by molar-refractivity contribution is -0.120. The van der Waals surface area contributed by atoms with E-state index in [1.807, 2.05) is 44.2 Å². The van der Waals surface area contributed by atoms with Gasteiger partial charge < -0.3 is 5.32 Å². The van der Waals surface area contributed by atoms with Crippen molar-refractivity contribution in [3.8, 4) is 0 Å². The van der Waals surface area contributed by atoms with Crippen LogP contribution in [0.25, 0.3) is 0 Å². The molecule has 2 aromatic rings. The third kappa shape index (κ3) is 3.07. The number of nitrogens with one attached hydrogen (secondary N) is 1. The van der Waals surface area contributed by atoms with Crippen molar-refractivity contribution >= 4 is 27.5 Å². The molecule has 0 unspecified atom stereocenters. The number of carbonyl (C=O) groups excluding carboxylic acids is 1. The highest BCUT2D eigenvalue weighted by Crippen LogP contribution is 2.26. The zero-order valence-corrected chi connectivity index (χ0v) is 12.9. The number of halogens is 2. The van der Waals surface area contributed by atoms with Crippen LogP contribution in [-0.2, 0) is 10.2 Å². The molecule has 2 nitrogen and oxygen atoms in total. The van der Waals surface area contributed by atoms with Gasteiger partial charge in [0.2, 0.25) is 5.91 Å². The highest BCUT2D eigenvalue weighted by molar-refractivity contribution is 9.10. The van der Waals surface area contributed by atoms with Crippen LogP contribution in [0.4, 0.5) is 10.1 Å². The van der Waals surface area contributed by atoms with E-state index in [1.165, 1.54) is 6.07 Å². The third-order valence-corrected chi connectivity index (χ3v) is 3.74. The Morgan fingerprint density at radius 3 is 2.40 bits per heavy atom. The molecule has 0 heterocycles. The van der Waals surface area contributed by atoms with Crippen LogP contribution in [0.1, 0.15) is 19.4 Å². The lowest BCUT2D eigenvalue weighted by atomic mass is 9.83. The molecule has 0 saturated carbocycles. The van der Waals surface area contributed by atoms with Gasteiger partial charge in [0.25, 0.3) is 0 Å². The maximum absolute atomic E-state index is 13.8. The van der Waals surface area contributed by atoms with Gasteiger partial charge in [-0.25, -0.2) is 4.39 Å². The van der Waals surface area contributed by atoms with Gasteiger partial charge in [0.05, 0.1) is 11.1 Å². The van der Waals surface area contributed by atoms with Crippen LogP contribution in [0.2, 0.25) is 0 Å². The standard InChI is InChI=1S/C16H15BrFNO/c1-16(2,11-6-4-3-5-7-11)15(20)19-14-9-8-12(17)10-13(14)18/h3-10H,1-2H3,(H,19,20). The van der Waals surface area contributed by atoms with Crippen LogP contribution in [0, 0.1) is 5.82 Å². The normalized spacial score (nSPS) is 11.2. The summed E-state index contributed by atoms with van der Waals surface area (Å²) in [6.45, 7) is 3.63. The summed E-state index contributed by atoms with van der Waals surface area (Å²) in [5, 5.41) is 2.64. The molecule has 20 heavy (non-hydrogen) atoms. The summed E-state index contributed by atoms with van der Waals surface area (Å²) in [6, 6.07) is 14.0. The van der Waals surface area contributed by atoms with E-state index in [2.05, 4.69) is 21.2 Å². The summed E-state index contributed by atoms with van der Waals surface area (Å²) in [7, 11) is 0. The molecule has 0 aliphatic carbocycles. The van der Waals surface area contributed by atoms with Gasteiger partial charge in [0.15, 0.2) is 0 Å². The fraction of sp³-hybridized carbons (Fsp3) is 0.188. The van der Waals surface area contributed by atoms with E-state index >= 15 is 0 Å². The van der Waals surface area contributed by atoms with Crippen molar-refractivity contribution in [3.05, 3.63) is 64.4 Å². The Morgan fingerprint density at radius 1 is 1.15 bits per heavy atom. The van der Waals surface area contributed by atoms with Gasteiger partial charge >= 0.3 is 0 Å². The number of rotatable bonds is 3. The second kappa shape index (κ2) is 5.75. The Balaban J connectivity index is 2.23. The van der Waals surface area contributed by atoms with Crippen molar-refractivity contribution in [1.29, 1.82) is 0 Å². The fourth-order valence-electron chi connectivity index (χ4n) is 1.86. The summed E-state index contributed by atoms with van der Waals surface area (Å²) in [4.78, 5) is 12.4. The number of hydrogen-bond donors (Lipinski definition) is 1. The van der Waals surface area contributed by atoms with Crippen molar-refractivity contribution in [2.24, 2.45) is 0 Å². The Labute approximate surface area is 126 Å². The first-order valence-electron chi connectivity index (χ1n) is 6.23. The van der Waals surface area contributed by atoms with Gasteiger partial charge in [-0.3, -0.25) is 4.79 Å². The minimum absolute atomic E-state index is 0.183. The lowest BCUT2D eigenvalue weighted by Gasteiger charge is -2.24. The second-order valence-corrected chi connectivity index (χ2v) is 5.98. The molecular weight excluding hydrogens is 321 g/mol. The Hall–Kier alpha value is -1.68. The monoisotopic (exact) mass is 335 g/mol. The molecule has 0 spiro atoms. The van der Waals surface area contributed by atoms with Crippen LogP contribution < -0.4 is 5.32 Å². The molecule has 1 amide bonds.